The molecule has 0 spiro atoms. The van der Waals surface area contributed by atoms with Crippen molar-refractivity contribution >= 4 is 39.1 Å². The number of nitrogens with zero attached hydrogens (tertiary/aromatic N) is 7. The molecule has 2 heterocycles. The highest BCUT2D eigenvalue weighted by atomic mass is 79.9. The van der Waals surface area contributed by atoms with E-state index in [4.69, 9.17) is 21.1 Å². The summed E-state index contributed by atoms with van der Waals surface area (Å²) < 4.78 is 12.2. The number of para-hydroxylation sites is 2. The van der Waals surface area contributed by atoms with E-state index in [1.807, 2.05) is 12.1 Å². The van der Waals surface area contributed by atoms with Crippen LogP contribution >= 0.6 is 27.5 Å². The van der Waals surface area contributed by atoms with Gasteiger partial charge in [-0.1, -0.05) is 23.7 Å². The van der Waals surface area contributed by atoms with E-state index in [1.54, 1.807) is 38.4 Å². The van der Waals surface area contributed by atoms with Crippen LogP contribution < -0.4 is 14.4 Å². The van der Waals surface area contributed by atoms with Crippen LogP contribution in [0.25, 0.3) is 0 Å². The number of anilines is 1. The predicted octanol–water partition coefficient (Wildman–Crippen LogP) is 3.17. The van der Waals surface area contributed by atoms with Gasteiger partial charge in [0.05, 0.1) is 23.4 Å². The minimum Gasteiger partial charge on any atom is -0.495 e. The van der Waals surface area contributed by atoms with Gasteiger partial charge in [0.15, 0.2) is 11.9 Å². The van der Waals surface area contributed by atoms with Crippen LogP contribution in [-0.4, -0.2) is 61.3 Å². The summed E-state index contributed by atoms with van der Waals surface area (Å²) in [7, 11) is 3.20. The zero-order valence-electron chi connectivity index (χ0n) is 18.1. The third-order valence-electron chi connectivity index (χ3n) is 4.97. The molecule has 4 rings (SSSR count). The molecule has 0 saturated heterocycles. The minimum absolute atomic E-state index is 0.261. The van der Waals surface area contributed by atoms with Gasteiger partial charge in [0.25, 0.3) is 5.91 Å². The Balaban J connectivity index is 1.67. The van der Waals surface area contributed by atoms with Crippen molar-refractivity contribution in [1.82, 2.24) is 41.2 Å². The number of methoxy groups -OCH3 is 1. The molecule has 0 aliphatic carbocycles. The molecule has 0 aliphatic heterocycles. The summed E-state index contributed by atoms with van der Waals surface area (Å²) >= 11 is 9.75. The van der Waals surface area contributed by atoms with E-state index in [-0.39, 0.29) is 17.2 Å². The van der Waals surface area contributed by atoms with E-state index in [1.165, 1.54) is 4.90 Å². The normalized spacial score (nSPS) is 11.8. The lowest BCUT2D eigenvalue weighted by Crippen LogP contribution is -2.27. The van der Waals surface area contributed by atoms with Crippen molar-refractivity contribution in [3.63, 3.8) is 0 Å². The predicted molar refractivity (Wildman–Crippen MR) is 125 cm³/mol. The molecule has 2 aromatic carbocycles. The van der Waals surface area contributed by atoms with Gasteiger partial charge in [-0.05, 0) is 61.4 Å². The van der Waals surface area contributed by atoms with Gasteiger partial charge in [0.2, 0.25) is 0 Å². The Morgan fingerprint density at radius 3 is 2.62 bits per heavy atom. The number of hydrogen-bond acceptors (Lipinski definition) is 9. The molecule has 14 heteroatoms. The number of aromatic amines is 2. The summed E-state index contributed by atoms with van der Waals surface area (Å²) in [6, 6.07) is 10.4. The number of H-pyrrole nitrogens is 2. The average Bonchev–Trinajstić information content (AvgIpc) is 3.57. The Hall–Kier alpha value is -3.58. The standard InChI is InChI=1S/C20H19BrClN9O3/c1-31(14-5-3-4-6-15(14)33-2)20(32)11-9-12(21)13(22)10-17(11)34-16(19-25-29-30-26-19)7-8-18-23-27-28-24-18/h3-6,9-10,16H,7-8H2,1-2H3,(H,23,24,27,28)(H,25,26,29,30). The molecule has 0 aliphatic rings. The molecule has 34 heavy (non-hydrogen) atoms. The zero-order valence-corrected chi connectivity index (χ0v) is 20.4. The molecule has 2 N–H and O–H groups in total. The quantitative estimate of drug-likeness (QED) is 0.322. The van der Waals surface area contributed by atoms with Crippen LogP contribution in [0.5, 0.6) is 11.5 Å². The molecule has 0 saturated carbocycles. The summed E-state index contributed by atoms with van der Waals surface area (Å²) in [6.07, 6.45) is 0.227. The Kier molecular flexibility index (Phi) is 7.33. The second-order valence-corrected chi connectivity index (χ2v) is 8.34. The maximum Gasteiger partial charge on any atom is 0.261 e. The first kappa shape index (κ1) is 23.6. The Morgan fingerprint density at radius 2 is 1.91 bits per heavy atom. The molecule has 1 unspecified atom stereocenters. The SMILES string of the molecule is COc1ccccc1N(C)C(=O)c1cc(Br)c(Cl)cc1OC(CCc1nnn[nH]1)c1nnn[nH]1. The number of aryl methyl sites for hydroxylation is 1. The summed E-state index contributed by atoms with van der Waals surface area (Å²) in [5.41, 5.74) is 0.879. The highest BCUT2D eigenvalue weighted by Gasteiger charge is 2.26. The maximum absolute atomic E-state index is 13.6. The molecule has 0 radical (unpaired) electrons. The maximum atomic E-state index is 13.6. The number of rotatable bonds is 9. The van der Waals surface area contributed by atoms with Crippen molar-refractivity contribution < 1.29 is 14.3 Å². The Bertz CT molecular complexity index is 1250. The van der Waals surface area contributed by atoms with E-state index in [2.05, 4.69) is 57.2 Å². The molecular formula is C20H19BrClN9O3. The topological polar surface area (TPSA) is 148 Å². The molecular weight excluding hydrogens is 530 g/mol. The van der Waals surface area contributed by atoms with Gasteiger partial charge in [-0.25, -0.2) is 10.2 Å². The Labute approximate surface area is 207 Å². The van der Waals surface area contributed by atoms with Gasteiger partial charge in [0, 0.05) is 24.0 Å². The molecule has 1 amide bonds. The highest BCUT2D eigenvalue weighted by Crippen LogP contribution is 2.36. The number of ether oxygens (including phenoxy) is 2. The fourth-order valence-corrected chi connectivity index (χ4v) is 3.75. The Morgan fingerprint density at radius 1 is 1.15 bits per heavy atom. The number of halogens is 2. The number of carbonyl (C=O) groups is 1. The smallest absolute Gasteiger partial charge is 0.261 e. The van der Waals surface area contributed by atoms with Crippen LogP contribution in [0.3, 0.4) is 0 Å². The summed E-state index contributed by atoms with van der Waals surface area (Å²) in [5.74, 6) is 1.44. The average molecular weight is 549 g/mol. The third-order valence-corrected chi connectivity index (χ3v) is 6.17. The minimum atomic E-state index is -0.638. The summed E-state index contributed by atoms with van der Waals surface area (Å²) in [5, 5.41) is 28.1. The first-order valence-corrected chi connectivity index (χ1v) is 11.2. The second-order valence-electron chi connectivity index (χ2n) is 7.08. The third kappa shape index (κ3) is 5.15. The molecule has 12 nitrogen and oxygen atoms in total. The van der Waals surface area contributed by atoms with Crippen LogP contribution in [-0.2, 0) is 6.42 Å². The van der Waals surface area contributed by atoms with Crippen LogP contribution in [0, 0.1) is 0 Å². The fourth-order valence-electron chi connectivity index (χ4n) is 3.25. The zero-order chi connectivity index (χ0) is 24.1. The van der Waals surface area contributed by atoms with E-state index < -0.39 is 6.10 Å². The van der Waals surface area contributed by atoms with Crippen molar-refractivity contribution in [3.8, 4) is 11.5 Å². The molecule has 4 aromatic rings. The molecule has 176 valence electrons. The first-order valence-electron chi connectivity index (χ1n) is 10.0. The van der Waals surface area contributed by atoms with Gasteiger partial charge in [-0.15, -0.1) is 10.2 Å². The van der Waals surface area contributed by atoms with E-state index in [0.29, 0.717) is 45.4 Å². The molecule has 2 aromatic heterocycles. The molecule has 0 fully saturated rings. The lowest BCUT2D eigenvalue weighted by molar-refractivity contribution is 0.0983. The number of aromatic nitrogens is 8. The van der Waals surface area contributed by atoms with Crippen LogP contribution in [0.2, 0.25) is 5.02 Å². The second kappa shape index (κ2) is 10.6. The van der Waals surface area contributed by atoms with Gasteiger partial charge < -0.3 is 14.4 Å². The van der Waals surface area contributed by atoms with Gasteiger partial charge in [0.1, 0.15) is 17.3 Å². The number of hydrogen-bond donors (Lipinski definition) is 2. The van der Waals surface area contributed by atoms with Crippen LogP contribution in [0.1, 0.15) is 34.5 Å². The lowest BCUT2D eigenvalue weighted by Gasteiger charge is -2.23. The number of benzene rings is 2. The van der Waals surface area contributed by atoms with Crippen molar-refractivity contribution in [2.24, 2.45) is 0 Å². The van der Waals surface area contributed by atoms with E-state index in [0.717, 1.165) is 0 Å². The molecule has 0 bridgehead atoms. The monoisotopic (exact) mass is 547 g/mol. The number of carbonyl (C=O) groups excluding carboxylic acids is 1. The number of amides is 1. The fraction of sp³-hybridized carbons (Fsp3) is 0.250. The van der Waals surface area contributed by atoms with Crippen LogP contribution in [0.15, 0.2) is 40.9 Å². The molecule has 1 atom stereocenters. The number of nitrogens with one attached hydrogen (secondary N) is 2. The van der Waals surface area contributed by atoms with Gasteiger partial charge >= 0.3 is 0 Å². The van der Waals surface area contributed by atoms with Gasteiger partial charge in [-0.2, -0.15) is 0 Å². The summed E-state index contributed by atoms with van der Waals surface area (Å²) in [6.45, 7) is 0. The van der Waals surface area contributed by atoms with E-state index in [9.17, 15) is 4.79 Å². The first-order chi connectivity index (χ1) is 16.5. The van der Waals surface area contributed by atoms with Gasteiger partial charge in [-0.3, -0.25) is 4.79 Å². The van der Waals surface area contributed by atoms with Crippen molar-refractivity contribution in [3.05, 3.63) is 63.1 Å². The summed E-state index contributed by atoms with van der Waals surface area (Å²) in [4.78, 5) is 15.0. The lowest BCUT2D eigenvalue weighted by atomic mass is 10.1. The largest absolute Gasteiger partial charge is 0.495 e. The van der Waals surface area contributed by atoms with Crippen molar-refractivity contribution in [2.75, 3.05) is 19.1 Å². The number of tetrazole rings is 2. The van der Waals surface area contributed by atoms with Crippen molar-refractivity contribution in [1.29, 1.82) is 0 Å². The van der Waals surface area contributed by atoms with Crippen molar-refractivity contribution in [2.45, 2.75) is 18.9 Å². The highest BCUT2D eigenvalue weighted by molar-refractivity contribution is 9.10. The van der Waals surface area contributed by atoms with Crippen LogP contribution in [0.4, 0.5) is 5.69 Å². The van der Waals surface area contributed by atoms with E-state index >= 15 is 0 Å².